The average molecular weight is 499 g/mol. The van der Waals surface area contributed by atoms with Crippen molar-refractivity contribution in [2.24, 2.45) is 5.73 Å². The fraction of sp³-hybridized carbons (Fsp3) is 0.267. The number of nitrogens with two attached hydrogens (primary N) is 1. The molecule has 7 nitrogen and oxygen atoms in total. The maximum atomic E-state index is 12.5. The zero-order valence-corrected chi connectivity index (χ0v) is 21.2. The molecule has 37 heavy (non-hydrogen) atoms. The smallest absolute Gasteiger partial charge is 0.349 e. The molecule has 0 saturated carbocycles. The van der Waals surface area contributed by atoms with Gasteiger partial charge in [0.2, 0.25) is 5.88 Å². The molecule has 1 aliphatic heterocycles. The van der Waals surface area contributed by atoms with Crippen LogP contribution in [0, 0.1) is 25.2 Å². The van der Waals surface area contributed by atoms with E-state index in [2.05, 4.69) is 13.0 Å². The number of esters is 1. The Morgan fingerprint density at radius 3 is 2.51 bits per heavy atom. The molecule has 1 atom stereocenters. The number of allylic oxidation sites excluding steroid dienone is 1. The molecule has 1 aliphatic rings. The minimum atomic E-state index is -0.550. The summed E-state index contributed by atoms with van der Waals surface area (Å²) in [6.07, 6.45) is 1.93. The first-order valence-corrected chi connectivity index (χ1v) is 12.3. The Balaban J connectivity index is 1.57. The normalized spacial score (nSPS) is 14.3. The summed E-state index contributed by atoms with van der Waals surface area (Å²) in [6.45, 7) is 6.27. The maximum Gasteiger partial charge on any atom is 0.349 e. The van der Waals surface area contributed by atoms with Crippen LogP contribution in [0.5, 0.6) is 23.0 Å². The molecule has 7 heteroatoms. The van der Waals surface area contributed by atoms with Crippen LogP contribution in [0.3, 0.4) is 0 Å². The Kier molecular flexibility index (Phi) is 7.99. The maximum absolute atomic E-state index is 12.5. The molecule has 0 aliphatic carbocycles. The SMILES string of the molecule is CCCCOc1ccccc1C1C(C#N)=C(N)Oc2cc(OC(=O)COc3c(C)cccc3C)ccc21. The Hall–Kier alpha value is -4.44. The van der Waals surface area contributed by atoms with Crippen molar-refractivity contribution in [3.05, 3.63) is 94.4 Å². The molecular weight excluding hydrogens is 468 g/mol. The van der Waals surface area contributed by atoms with Gasteiger partial charge in [-0.1, -0.05) is 55.8 Å². The third-order valence-electron chi connectivity index (χ3n) is 6.15. The molecule has 190 valence electrons. The molecule has 0 spiro atoms. The van der Waals surface area contributed by atoms with Crippen LogP contribution in [-0.4, -0.2) is 19.2 Å². The van der Waals surface area contributed by atoms with Crippen molar-refractivity contribution < 1.29 is 23.7 Å². The summed E-state index contributed by atoms with van der Waals surface area (Å²) in [7, 11) is 0. The lowest BCUT2D eigenvalue weighted by Crippen LogP contribution is -2.22. The number of aryl methyl sites for hydroxylation is 2. The van der Waals surface area contributed by atoms with Crippen molar-refractivity contribution in [3.63, 3.8) is 0 Å². The van der Waals surface area contributed by atoms with Crippen molar-refractivity contribution in [1.82, 2.24) is 0 Å². The molecule has 0 fully saturated rings. The number of benzene rings is 3. The van der Waals surface area contributed by atoms with E-state index in [0.717, 1.165) is 35.1 Å². The number of para-hydroxylation sites is 2. The van der Waals surface area contributed by atoms with Gasteiger partial charge in [0.15, 0.2) is 6.61 Å². The fourth-order valence-corrected chi connectivity index (χ4v) is 4.31. The molecule has 0 bridgehead atoms. The van der Waals surface area contributed by atoms with Crippen LogP contribution in [0.2, 0.25) is 0 Å². The Morgan fingerprint density at radius 1 is 1.03 bits per heavy atom. The number of hydrogen-bond donors (Lipinski definition) is 1. The van der Waals surface area contributed by atoms with Gasteiger partial charge in [0.1, 0.15) is 34.6 Å². The lowest BCUT2D eigenvalue weighted by Gasteiger charge is -2.28. The van der Waals surface area contributed by atoms with Gasteiger partial charge in [0, 0.05) is 17.2 Å². The van der Waals surface area contributed by atoms with E-state index in [9.17, 15) is 10.1 Å². The van der Waals surface area contributed by atoms with E-state index >= 15 is 0 Å². The van der Waals surface area contributed by atoms with Gasteiger partial charge in [-0.15, -0.1) is 0 Å². The Bertz CT molecular complexity index is 1350. The number of ether oxygens (including phenoxy) is 4. The van der Waals surface area contributed by atoms with Crippen LogP contribution in [0.1, 0.15) is 47.9 Å². The van der Waals surface area contributed by atoms with Crippen LogP contribution in [0.15, 0.2) is 72.1 Å². The summed E-state index contributed by atoms with van der Waals surface area (Å²) < 4.78 is 23.0. The van der Waals surface area contributed by atoms with Gasteiger partial charge in [0.25, 0.3) is 0 Å². The van der Waals surface area contributed by atoms with Crippen LogP contribution in [-0.2, 0) is 4.79 Å². The number of carbonyl (C=O) groups is 1. The van der Waals surface area contributed by atoms with E-state index in [0.29, 0.717) is 29.4 Å². The molecule has 1 unspecified atom stereocenters. The highest BCUT2D eigenvalue weighted by atomic mass is 16.6. The van der Waals surface area contributed by atoms with Crippen molar-refractivity contribution in [2.75, 3.05) is 13.2 Å². The lowest BCUT2D eigenvalue weighted by atomic mass is 9.83. The van der Waals surface area contributed by atoms with Crippen molar-refractivity contribution in [1.29, 1.82) is 5.26 Å². The number of nitrogens with zero attached hydrogens (tertiary/aromatic N) is 1. The third kappa shape index (κ3) is 5.70. The highest BCUT2D eigenvalue weighted by Crippen LogP contribution is 2.45. The molecule has 3 aromatic rings. The molecule has 0 radical (unpaired) electrons. The number of hydrogen-bond acceptors (Lipinski definition) is 7. The molecule has 0 saturated heterocycles. The van der Waals surface area contributed by atoms with Gasteiger partial charge in [-0.2, -0.15) is 5.26 Å². The first-order chi connectivity index (χ1) is 17.9. The minimum absolute atomic E-state index is 0.00481. The third-order valence-corrected chi connectivity index (χ3v) is 6.15. The molecule has 3 aromatic carbocycles. The highest BCUT2D eigenvalue weighted by molar-refractivity contribution is 5.74. The van der Waals surface area contributed by atoms with E-state index in [-0.39, 0.29) is 18.2 Å². The Labute approximate surface area is 217 Å². The number of unbranched alkanes of at least 4 members (excludes halogenated alkanes) is 1. The van der Waals surface area contributed by atoms with E-state index in [1.54, 1.807) is 18.2 Å². The van der Waals surface area contributed by atoms with Gasteiger partial charge in [-0.25, -0.2) is 4.79 Å². The monoisotopic (exact) mass is 498 g/mol. The first kappa shape index (κ1) is 25.6. The topological polar surface area (TPSA) is 104 Å². The van der Waals surface area contributed by atoms with Crippen molar-refractivity contribution >= 4 is 5.97 Å². The molecular formula is C30H30N2O5. The molecule has 0 amide bonds. The minimum Gasteiger partial charge on any atom is -0.493 e. The van der Waals surface area contributed by atoms with E-state index in [4.69, 9.17) is 24.7 Å². The Morgan fingerprint density at radius 2 is 1.78 bits per heavy atom. The van der Waals surface area contributed by atoms with Crippen LogP contribution < -0.4 is 24.7 Å². The van der Waals surface area contributed by atoms with Gasteiger partial charge in [-0.3, -0.25) is 0 Å². The zero-order chi connectivity index (χ0) is 26.4. The van der Waals surface area contributed by atoms with Crippen LogP contribution >= 0.6 is 0 Å². The van der Waals surface area contributed by atoms with Gasteiger partial charge in [0.05, 0.1) is 12.5 Å². The lowest BCUT2D eigenvalue weighted by molar-refractivity contribution is -0.136. The average Bonchev–Trinajstić information content (AvgIpc) is 2.88. The largest absolute Gasteiger partial charge is 0.493 e. The summed E-state index contributed by atoms with van der Waals surface area (Å²) in [6, 6.07) is 20.6. The number of rotatable bonds is 9. The van der Waals surface area contributed by atoms with Crippen molar-refractivity contribution in [2.45, 2.75) is 39.5 Å². The summed E-state index contributed by atoms with van der Waals surface area (Å²) >= 11 is 0. The molecule has 0 aromatic heterocycles. The van der Waals surface area contributed by atoms with Crippen molar-refractivity contribution in [3.8, 4) is 29.1 Å². The quantitative estimate of drug-likeness (QED) is 0.230. The number of fused-ring (bicyclic) bond motifs is 1. The zero-order valence-electron chi connectivity index (χ0n) is 21.2. The molecule has 1 heterocycles. The first-order valence-electron chi connectivity index (χ1n) is 12.3. The number of nitriles is 1. The summed E-state index contributed by atoms with van der Waals surface area (Å²) in [4.78, 5) is 12.5. The highest BCUT2D eigenvalue weighted by Gasteiger charge is 2.33. The second-order valence-electron chi connectivity index (χ2n) is 8.85. The van der Waals surface area contributed by atoms with E-state index < -0.39 is 11.9 Å². The molecule has 4 rings (SSSR count). The second kappa shape index (κ2) is 11.5. The summed E-state index contributed by atoms with van der Waals surface area (Å²) in [5, 5.41) is 9.90. The fourth-order valence-electron chi connectivity index (χ4n) is 4.31. The summed E-state index contributed by atoms with van der Waals surface area (Å²) in [5.74, 6) is 1.02. The van der Waals surface area contributed by atoms with Gasteiger partial charge >= 0.3 is 5.97 Å². The van der Waals surface area contributed by atoms with E-state index in [1.807, 2.05) is 56.3 Å². The second-order valence-corrected chi connectivity index (χ2v) is 8.85. The molecule has 2 N–H and O–H groups in total. The number of carbonyl (C=O) groups excluding carboxylic acids is 1. The van der Waals surface area contributed by atoms with E-state index in [1.165, 1.54) is 0 Å². The van der Waals surface area contributed by atoms with Gasteiger partial charge < -0.3 is 24.7 Å². The predicted octanol–water partition coefficient (Wildman–Crippen LogP) is 5.68. The standard InChI is InChI=1S/C30H30N2O5/c1-4-5-15-34-25-12-7-6-11-22(25)28-23-14-13-21(16-26(23)37-30(32)24(28)17-31)36-27(33)18-35-29-19(2)9-8-10-20(29)3/h6-14,16,28H,4-5,15,18,32H2,1-3H3. The summed E-state index contributed by atoms with van der Waals surface area (Å²) in [5.41, 5.74) is 9.88. The van der Waals surface area contributed by atoms with Gasteiger partial charge in [-0.05, 0) is 43.5 Å². The van der Waals surface area contributed by atoms with Crippen LogP contribution in [0.25, 0.3) is 0 Å². The van der Waals surface area contributed by atoms with Crippen LogP contribution in [0.4, 0.5) is 0 Å². The predicted molar refractivity (Wildman–Crippen MR) is 140 cm³/mol.